The summed E-state index contributed by atoms with van der Waals surface area (Å²) in [6.45, 7) is 6.22. The number of rotatable bonds is 5. The summed E-state index contributed by atoms with van der Waals surface area (Å²) >= 11 is 3.59. The van der Waals surface area contributed by atoms with E-state index in [-0.39, 0.29) is 0 Å². The van der Waals surface area contributed by atoms with Crippen molar-refractivity contribution in [2.45, 2.75) is 32.4 Å². The molecular weight excluding hydrogens is 290 g/mol. The van der Waals surface area contributed by atoms with E-state index in [0.29, 0.717) is 13.1 Å². The van der Waals surface area contributed by atoms with Gasteiger partial charge < -0.3 is 15.7 Å². The highest BCUT2D eigenvalue weighted by atomic mass is 32.2. The van der Waals surface area contributed by atoms with Crippen LogP contribution in [0.1, 0.15) is 23.1 Å². The normalized spacial score (nSPS) is 23.1. The van der Waals surface area contributed by atoms with Crippen molar-refractivity contribution in [2.75, 3.05) is 24.6 Å². The number of thiophene rings is 1. The summed E-state index contributed by atoms with van der Waals surface area (Å²) in [5.41, 5.74) is -0.583. The first-order valence-electron chi connectivity index (χ1n) is 6.99. The number of hydrogen-bond acceptors (Lipinski definition) is 4. The van der Waals surface area contributed by atoms with Gasteiger partial charge in [0, 0.05) is 28.6 Å². The van der Waals surface area contributed by atoms with Crippen LogP contribution in [0, 0.1) is 6.92 Å². The molecule has 1 fully saturated rings. The van der Waals surface area contributed by atoms with Gasteiger partial charge in [0.05, 0.1) is 12.1 Å². The van der Waals surface area contributed by atoms with Crippen molar-refractivity contribution in [3.63, 3.8) is 0 Å². The number of nitrogens with zero attached hydrogens (tertiary/aromatic N) is 1. The Morgan fingerprint density at radius 1 is 1.45 bits per heavy atom. The molecule has 1 aromatic heterocycles. The lowest BCUT2D eigenvalue weighted by Crippen LogP contribution is -2.47. The number of aliphatic imine (C=N–C) groups is 1. The summed E-state index contributed by atoms with van der Waals surface area (Å²) < 4.78 is 0. The van der Waals surface area contributed by atoms with Crippen LogP contribution < -0.4 is 10.6 Å². The number of thioether (sulfide) groups is 1. The van der Waals surface area contributed by atoms with E-state index in [1.807, 2.05) is 18.7 Å². The first kappa shape index (κ1) is 15.7. The zero-order valence-corrected chi connectivity index (χ0v) is 13.7. The fourth-order valence-electron chi connectivity index (χ4n) is 2.05. The van der Waals surface area contributed by atoms with Crippen molar-refractivity contribution in [3.8, 4) is 0 Å². The van der Waals surface area contributed by atoms with E-state index in [4.69, 9.17) is 0 Å². The molecule has 6 heteroatoms. The molecule has 3 N–H and O–H groups in total. The summed E-state index contributed by atoms with van der Waals surface area (Å²) in [5.74, 6) is 2.63. The topological polar surface area (TPSA) is 56.7 Å². The number of hydrogen-bond donors (Lipinski definition) is 3. The van der Waals surface area contributed by atoms with Crippen molar-refractivity contribution < 1.29 is 5.11 Å². The van der Waals surface area contributed by atoms with E-state index in [9.17, 15) is 5.11 Å². The van der Waals surface area contributed by atoms with Gasteiger partial charge >= 0.3 is 0 Å². The highest BCUT2D eigenvalue weighted by Crippen LogP contribution is 2.26. The van der Waals surface area contributed by atoms with Crippen molar-refractivity contribution in [3.05, 3.63) is 21.9 Å². The average Bonchev–Trinajstić information content (AvgIpc) is 3.03. The van der Waals surface area contributed by atoms with E-state index in [0.717, 1.165) is 30.4 Å². The molecule has 0 aliphatic carbocycles. The molecule has 1 atom stereocenters. The van der Waals surface area contributed by atoms with Gasteiger partial charge in [-0.3, -0.25) is 0 Å². The Labute approximate surface area is 129 Å². The Balaban J connectivity index is 1.88. The smallest absolute Gasteiger partial charge is 0.191 e. The maximum absolute atomic E-state index is 10.3. The minimum absolute atomic E-state index is 0.565. The van der Waals surface area contributed by atoms with E-state index < -0.39 is 5.60 Å². The van der Waals surface area contributed by atoms with Crippen LogP contribution in [0.4, 0.5) is 0 Å². The quantitative estimate of drug-likeness (QED) is 0.575. The molecule has 1 unspecified atom stereocenters. The van der Waals surface area contributed by atoms with Crippen LogP contribution >= 0.6 is 23.1 Å². The number of aliphatic hydroxyl groups is 1. The first-order valence-corrected chi connectivity index (χ1v) is 8.96. The van der Waals surface area contributed by atoms with Crippen LogP contribution in [0.25, 0.3) is 0 Å². The van der Waals surface area contributed by atoms with E-state index in [1.165, 1.54) is 9.75 Å². The summed E-state index contributed by atoms with van der Waals surface area (Å²) in [6, 6.07) is 4.24. The number of guanidine groups is 1. The van der Waals surface area contributed by atoms with Gasteiger partial charge in [-0.05, 0) is 38.2 Å². The standard InChI is InChI=1S/C14H23N3OS2/c1-3-15-13(16-8-12-5-4-11(2)20-12)17-9-14(18)6-7-19-10-14/h4-5,18H,3,6-10H2,1-2H3,(H2,15,16,17). The Bertz CT molecular complexity index is 453. The Morgan fingerprint density at radius 3 is 2.90 bits per heavy atom. The summed E-state index contributed by atoms with van der Waals surface area (Å²) in [7, 11) is 0. The molecule has 4 nitrogen and oxygen atoms in total. The summed E-state index contributed by atoms with van der Waals surface area (Å²) in [6.07, 6.45) is 0.855. The molecule has 0 saturated carbocycles. The molecule has 20 heavy (non-hydrogen) atoms. The van der Waals surface area contributed by atoms with Gasteiger partial charge in [-0.15, -0.1) is 11.3 Å². The Morgan fingerprint density at radius 2 is 2.30 bits per heavy atom. The molecule has 0 bridgehead atoms. The third-order valence-electron chi connectivity index (χ3n) is 3.20. The summed E-state index contributed by atoms with van der Waals surface area (Å²) in [5, 5.41) is 16.8. The van der Waals surface area contributed by atoms with Gasteiger partial charge in [-0.1, -0.05) is 0 Å². The van der Waals surface area contributed by atoms with E-state index in [2.05, 4.69) is 34.7 Å². The summed E-state index contributed by atoms with van der Waals surface area (Å²) in [4.78, 5) is 7.15. The highest BCUT2D eigenvalue weighted by molar-refractivity contribution is 7.99. The third-order valence-corrected chi connectivity index (χ3v) is 5.42. The molecule has 1 saturated heterocycles. The first-order chi connectivity index (χ1) is 9.61. The van der Waals surface area contributed by atoms with Crippen LogP contribution in [0.15, 0.2) is 17.1 Å². The molecule has 0 aromatic carbocycles. The lowest BCUT2D eigenvalue weighted by atomic mass is 10.0. The molecule has 0 radical (unpaired) electrons. The molecule has 2 rings (SSSR count). The van der Waals surface area contributed by atoms with Gasteiger partial charge in [0.1, 0.15) is 0 Å². The van der Waals surface area contributed by atoms with Crippen LogP contribution in [-0.4, -0.2) is 41.3 Å². The van der Waals surface area contributed by atoms with Gasteiger partial charge in [0.25, 0.3) is 0 Å². The maximum atomic E-state index is 10.3. The molecule has 2 heterocycles. The molecular formula is C14H23N3OS2. The minimum atomic E-state index is -0.583. The largest absolute Gasteiger partial charge is 0.387 e. The average molecular weight is 313 g/mol. The maximum Gasteiger partial charge on any atom is 0.191 e. The SMILES string of the molecule is CCNC(=NCc1ccc(C)s1)NCC1(O)CCSC1. The second kappa shape index (κ2) is 7.33. The van der Waals surface area contributed by atoms with E-state index in [1.54, 1.807) is 11.3 Å². The highest BCUT2D eigenvalue weighted by Gasteiger charge is 2.31. The Kier molecular flexibility index (Phi) is 5.74. The van der Waals surface area contributed by atoms with Crippen LogP contribution in [-0.2, 0) is 6.54 Å². The minimum Gasteiger partial charge on any atom is -0.387 e. The van der Waals surface area contributed by atoms with Gasteiger partial charge in [0.2, 0.25) is 0 Å². The predicted molar refractivity (Wildman–Crippen MR) is 88.8 cm³/mol. The zero-order valence-electron chi connectivity index (χ0n) is 12.1. The second-order valence-electron chi connectivity index (χ2n) is 5.09. The zero-order chi connectivity index (χ0) is 14.4. The fourth-order valence-corrected chi connectivity index (χ4v) is 4.16. The molecule has 1 aromatic rings. The number of nitrogens with one attached hydrogen (secondary N) is 2. The second-order valence-corrected chi connectivity index (χ2v) is 7.57. The fraction of sp³-hybridized carbons (Fsp3) is 0.643. The molecule has 0 spiro atoms. The third kappa shape index (κ3) is 4.68. The van der Waals surface area contributed by atoms with Gasteiger partial charge in [-0.25, -0.2) is 4.99 Å². The Hall–Kier alpha value is -0.720. The van der Waals surface area contributed by atoms with E-state index >= 15 is 0 Å². The lowest BCUT2D eigenvalue weighted by molar-refractivity contribution is 0.0724. The predicted octanol–water partition coefficient (Wildman–Crippen LogP) is 1.98. The van der Waals surface area contributed by atoms with Crippen molar-refractivity contribution in [1.29, 1.82) is 0 Å². The van der Waals surface area contributed by atoms with Crippen molar-refractivity contribution in [2.24, 2.45) is 4.99 Å². The molecule has 1 aliphatic heterocycles. The molecule has 1 aliphatic rings. The van der Waals surface area contributed by atoms with Gasteiger partial charge in [0.15, 0.2) is 5.96 Å². The van der Waals surface area contributed by atoms with Crippen molar-refractivity contribution >= 4 is 29.1 Å². The van der Waals surface area contributed by atoms with Crippen LogP contribution in [0.2, 0.25) is 0 Å². The molecule has 0 amide bonds. The van der Waals surface area contributed by atoms with Gasteiger partial charge in [-0.2, -0.15) is 11.8 Å². The van der Waals surface area contributed by atoms with Crippen LogP contribution in [0.5, 0.6) is 0 Å². The molecule has 112 valence electrons. The lowest BCUT2D eigenvalue weighted by Gasteiger charge is -2.23. The monoisotopic (exact) mass is 313 g/mol. The number of aryl methyl sites for hydroxylation is 1. The van der Waals surface area contributed by atoms with Crippen molar-refractivity contribution in [1.82, 2.24) is 10.6 Å². The van der Waals surface area contributed by atoms with Crippen LogP contribution in [0.3, 0.4) is 0 Å².